The van der Waals surface area contributed by atoms with Gasteiger partial charge in [-0.3, -0.25) is 4.79 Å². The lowest BCUT2D eigenvalue weighted by molar-refractivity contribution is -0.116. The van der Waals surface area contributed by atoms with Gasteiger partial charge in [0.2, 0.25) is 5.91 Å². The number of fused-ring (bicyclic) bond motifs is 1. The topological polar surface area (TPSA) is 20.3 Å². The van der Waals surface area contributed by atoms with Crippen molar-refractivity contribution >= 4 is 23.5 Å². The minimum absolute atomic E-state index is 0.0409. The molecule has 1 aliphatic heterocycles. The lowest BCUT2D eigenvalue weighted by Gasteiger charge is -2.16. The maximum atomic E-state index is 12.1. The van der Waals surface area contributed by atoms with Crippen molar-refractivity contribution in [1.29, 1.82) is 0 Å². The smallest absolute Gasteiger partial charge is 0.273 e. The number of rotatable bonds is 1. The van der Waals surface area contributed by atoms with E-state index in [1.54, 1.807) is 18.2 Å². The second kappa shape index (κ2) is 3.44. The number of para-hydroxylation sites is 1. The second-order valence-electron chi connectivity index (χ2n) is 3.03. The average Bonchev–Trinajstić information content (AvgIpc) is 2.41. The summed E-state index contributed by atoms with van der Waals surface area (Å²) in [6, 6.07) is 6.48. The van der Waals surface area contributed by atoms with Gasteiger partial charge in [-0.15, -0.1) is 0 Å². The summed E-state index contributed by atoms with van der Waals surface area (Å²) >= 11 is -0.401. The molecule has 1 aromatic rings. The Morgan fingerprint density at radius 2 is 1.93 bits per heavy atom. The molecule has 1 amide bonds. The molecule has 0 aliphatic carbocycles. The largest absolute Gasteiger partial charge is 0.462 e. The molecular weight excluding hydrogens is 227 g/mol. The van der Waals surface area contributed by atoms with Crippen molar-refractivity contribution in [3.8, 4) is 0 Å². The van der Waals surface area contributed by atoms with E-state index in [0.717, 1.165) is 0 Å². The number of nitrogens with zero attached hydrogens (tertiary/aromatic N) is 1. The summed E-state index contributed by atoms with van der Waals surface area (Å²) in [5, 5.41) is 0. The first-order valence-corrected chi connectivity index (χ1v) is 4.91. The summed E-state index contributed by atoms with van der Waals surface area (Å²) in [5.41, 5.74) is -3.46. The van der Waals surface area contributed by atoms with Crippen LogP contribution in [0.2, 0.25) is 0 Å². The zero-order chi connectivity index (χ0) is 11.1. The van der Waals surface area contributed by atoms with E-state index in [-0.39, 0.29) is 6.42 Å². The summed E-state index contributed by atoms with van der Waals surface area (Å²) < 4.78 is 37.1. The van der Waals surface area contributed by atoms with Gasteiger partial charge in [0, 0.05) is 0 Å². The zero-order valence-electron chi connectivity index (χ0n) is 7.41. The van der Waals surface area contributed by atoms with Crippen LogP contribution >= 0.6 is 11.9 Å². The average molecular weight is 233 g/mol. The van der Waals surface area contributed by atoms with Crippen LogP contribution in [-0.4, -0.2) is 11.4 Å². The molecule has 80 valence electrons. The number of carbonyl (C=O) groups is 1. The minimum Gasteiger partial charge on any atom is -0.273 e. The molecule has 0 unspecified atom stereocenters. The van der Waals surface area contributed by atoms with Crippen LogP contribution in [0.3, 0.4) is 0 Å². The highest BCUT2D eigenvalue weighted by molar-refractivity contribution is 8.02. The van der Waals surface area contributed by atoms with Gasteiger partial charge in [-0.05, 0) is 11.6 Å². The van der Waals surface area contributed by atoms with Crippen molar-refractivity contribution in [3.05, 3.63) is 29.8 Å². The summed E-state index contributed by atoms with van der Waals surface area (Å²) in [7, 11) is 0. The third kappa shape index (κ3) is 2.09. The number of anilines is 1. The van der Waals surface area contributed by atoms with Crippen molar-refractivity contribution in [2.45, 2.75) is 11.9 Å². The third-order valence-electron chi connectivity index (χ3n) is 1.97. The predicted molar refractivity (Wildman–Crippen MR) is 51.3 cm³/mol. The number of alkyl halides is 3. The van der Waals surface area contributed by atoms with Gasteiger partial charge < -0.3 is 0 Å². The number of benzene rings is 1. The van der Waals surface area contributed by atoms with Crippen LogP contribution in [-0.2, 0) is 11.2 Å². The quantitative estimate of drug-likeness (QED) is 0.695. The highest BCUT2D eigenvalue weighted by Gasteiger charge is 2.39. The van der Waals surface area contributed by atoms with E-state index < -0.39 is 23.4 Å². The van der Waals surface area contributed by atoms with Crippen LogP contribution in [0.5, 0.6) is 0 Å². The first-order valence-electron chi connectivity index (χ1n) is 4.14. The highest BCUT2D eigenvalue weighted by Crippen LogP contribution is 2.41. The van der Waals surface area contributed by atoms with E-state index in [0.29, 0.717) is 15.6 Å². The predicted octanol–water partition coefficient (Wildman–Crippen LogP) is 2.74. The van der Waals surface area contributed by atoms with Crippen molar-refractivity contribution in [1.82, 2.24) is 0 Å². The van der Waals surface area contributed by atoms with Gasteiger partial charge in [0.15, 0.2) is 0 Å². The Kier molecular flexibility index (Phi) is 2.38. The lowest BCUT2D eigenvalue weighted by atomic mass is 10.2. The number of hydrogen-bond donors (Lipinski definition) is 0. The van der Waals surface area contributed by atoms with E-state index in [4.69, 9.17) is 0 Å². The Hall–Kier alpha value is -1.17. The Bertz CT molecular complexity index is 405. The molecule has 0 aromatic heterocycles. The first-order chi connectivity index (χ1) is 6.97. The molecule has 0 N–H and O–H groups in total. The van der Waals surface area contributed by atoms with E-state index in [9.17, 15) is 18.0 Å². The normalized spacial score (nSPS) is 15.7. The Morgan fingerprint density at radius 1 is 1.27 bits per heavy atom. The molecule has 0 bridgehead atoms. The Balaban J connectivity index is 2.30. The third-order valence-corrected chi connectivity index (χ3v) is 2.76. The minimum atomic E-state index is -4.44. The van der Waals surface area contributed by atoms with Crippen molar-refractivity contribution in [3.63, 3.8) is 0 Å². The molecule has 2 rings (SSSR count). The molecule has 6 heteroatoms. The molecule has 15 heavy (non-hydrogen) atoms. The molecule has 0 saturated carbocycles. The number of halogens is 3. The maximum Gasteiger partial charge on any atom is 0.462 e. The van der Waals surface area contributed by atoms with Gasteiger partial charge in [0.05, 0.1) is 24.1 Å². The van der Waals surface area contributed by atoms with Gasteiger partial charge in [-0.2, -0.15) is 13.2 Å². The molecule has 0 fully saturated rings. The van der Waals surface area contributed by atoms with Crippen LogP contribution in [0, 0.1) is 0 Å². The SMILES string of the molecule is O=C1Cc2ccccc2N1SC(F)(F)F. The molecule has 0 atom stereocenters. The van der Waals surface area contributed by atoms with Crippen LogP contribution in [0.15, 0.2) is 24.3 Å². The van der Waals surface area contributed by atoms with E-state index in [2.05, 4.69) is 0 Å². The van der Waals surface area contributed by atoms with Gasteiger partial charge in [-0.25, -0.2) is 4.31 Å². The fourth-order valence-corrected chi connectivity index (χ4v) is 2.08. The fourth-order valence-electron chi connectivity index (χ4n) is 1.43. The Labute approximate surface area is 88.2 Å². The zero-order valence-corrected chi connectivity index (χ0v) is 8.23. The molecule has 0 radical (unpaired) electrons. The molecular formula is C9H6F3NOS. The van der Waals surface area contributed by atoms with E-state index in [1.807, 2.05) is 0 Å². The summed E-state index contributed by atoms with van der Waals surface area (Å²) in [6.45, 7) is 0. The lowest BCUT2D eigenvalue weighted by Crippen LogP contribution is -2.23. The Morgan fingerprint density at radius 3 is 2.60 bits per heavy atom. The summed E-state index contributed by atoms with van der Waals surface area (Å²) in [5.74, 6) is -0.529. The van der Waals surface area contributed by atoms with Gasteiger partial charge in [0.1, 0.15) is 0 Å². The fraction of sp³-hybridized carbons (Fsp3) is 0.222. The number of amides is 1. The van der Waals surface area contributed by atoms with Crippen LogP contribution < -0.4 is 4.31 Å². The van der Waals surface area contributed by atoms with Crippen molar-refractivity contribution in [2.24, 2.45) is 0 Å². The molecule has 2 nitrogen and oxygen atoms in total. The molecule has 1 aromatic carbocycles. The van der Waals surface area contributed by atoms with Gasteiger partial charge >= 0.3 is 5.51 Å². The summed E-state index contributed by atoms with van der Waals surface area (Å²) in [6.07, 6.45) is 0.0409. The van der Waals surface area contributed by atoms with Crippen molar-refractivity contribution < 1.29 is 18.0 Å². The first kappa shape index (κ1) is 10.4. The van der Waals surface area contributed by atoms with Crippen molar-refractivity contribution in [2.75, 3.05) is 4.31 Å². The monoisotopic (exact) mass is 233 g/mol. The molecule has 0 spiro atoms. The van der Waals surface area contributed by atoms with Crippen LogP contribution in [0.1, 0.15) is 5.56 Å². The summed E-state index contributed by atoms with van der Waals surface area (Å²) in [4.78, 5) is 11.3. The molecule has 1 heterocycles. The van der Waals surface area contributed by atoms with E-state index >= 15 is 0 Å². The van der Waals surface area contributed by atoms with Gasteiger partial charge in [0.25, 0.3) is 0 Å². The second-order valence-corrected chi connectivity index (χ2v) is 4.04. The van der Waals surface area contributed by atoms with Gasteiger partial charge in [-0.1, -0.05) is 18.2 Å². The standard InChI is InChI=1S/C9H6F3NOS/c10-9(11,12)15-13-7-4-2-1-3-6(7)5-8(13)14/h1-4H,5H2. The number of carbonyl (C=O) groups excluding carboxylic acids is 1. The van der Waals surface area contributed by atoms with Crippen LogP contribution in [0.25, 0.3) is 0 Å². The maximum absolute atomic E-state index is 12.1. The number of hydrogen-bond acceptors (Lipinski definition) is 2. The van der Waals surface area contributed by atoms with Crippen LogP contribution in [0.4, 0.5) is 18.9 Å². The molecule has 1 aliphatic rings. The highest BCUT2D eigenvalue weighted by atomic mass is 32.2. The van der Waals surface area contributed by atoms with E-state index in [1.165, 1.54) is 6.07 Å². The molecule has 0 saturated heterocycles.